The van der Waals surface area contributed by atoms with Gasteiger partial charge in [0.2, 0.25) is 5.91 Å². The van der Waals surface area contributed by atoms with Crippen LogP contribution in [-0.4, -0.2) is 60.3 Å². The molecule has 1 aromatic carbocycles. The molecule has 3 heterocycles. The smallest absolute Gasteiger partial charge is 0.223 e. The van der Waals surface area contributed by atoms with E-state index in [1.165, 1.54) is 44.3 Å². The molecule has 5 nitrogen and oxygen atoms in total. The predicted octanol–water partition coefficient (Wildman–Crippen LogP) is 4.58. The molecule has 0 bridgehead atoms. The van der Waals surface area contributed by atoms with Crippen LogP contribution in [0.3, 0.4) is 0 Å². The SMILES string of the molecule is C/C=C(C)\N=C(/C)N1CCC(N2CCC3(CCN(C(C)=O)c4ccccc43)CC2)CC1. The maximum Gasteiger partial charge on any atom is 0.223 e. The van der Waals surface area contributed by atoms with Crippen LogP contribution in [0.4, 0.5) is 5.69 Å². The first-order valence-corrected chi connectivity index (χ1v) is 12.0. The average molecular weight is 423 g/mol. The summed E-state index contributed by atoms with van der Waals surface area (Å²) in [7, 11) is 0. The van der Waals surface area contributed by atoms with Gasteiger partial charge in [0.05, 0.1) is 0 Å². The zero-order chi connectivity index (χ0) is 22.0. The molecule has 5 heteroatoms. The highest BCUT2D eigenvalue weighted by molar-refractivity contribution is 5.93. The molecule has 0 N–H and O–H groups in total. The summed E-state index contributed by atoms with van der Waals surface area (Å²) in [5.41, 5.74) is 3.89. The Morgan fingerprint density at radius 3 is 2.29 bits per heavy atom. The van der Waals surface area contributed by atoms with Gasteiger partial charge in [0, 0.05) is 49.4 Å². The second kappa shape index (κ2) is 9.15. The predicted molar refractivity (Wildman–Crippen MR) is 129 cm³/mol. The monoisotopic (exact) mass is 422 g/mol. The fourth-order valence-electron chi connectivity index (χ4n) is 5.85. The third-order valence-electron chi connectivity index (χ3n) is 7.91. The van der Waals surface area contributed by atoms with Crippen molar-refractivity contribution in [3.05, 3.63) is 41.6 Å². The number of carbonyl (C=O) groups excluding carboxylic acids is 1. The summed E-state index contributed by atoms with van der Waals surface area (Å²) in [5, 5.41) is 0. The van der Waals surface area contributed by atoms with Gasteiger partial charge in [-0.2, -0.15) is 0 Å². The minimum atomic E-state index is 0.162. The number of rotatable bonds is 2. The van der Waals surface area contributed by atoms with E-state index in [1.807, 2.05) is 11.8 Å². The Labute approximate surface area is 187 Å². The molecule has 4 rings (SSSR count). The van der Waals surface area contributed by atoms with Crippen molar-refractivity contribution in [2.45, 2.75) is 71.3 Å². The van der Waals surface area contributed by atoms with Crippen LogP contribution in [0.1, 0.15) is 65.4 Å². The van der Waals surface area contributed by atoms with Crippen molar-refractivity contribution in [1.82, 2.24) is 9.80 Å². The first kappa shape index (κ1) is 22.1. The number of amides is 1. The molecule has 0 atom stereocenters. The average Bonchev–Trinajstić information content (AvgIpc) is 2.80. The zero-order valence-electron chi connectivity index (χ0n) is 19.7. The molecule has 0 aliphatic carbocycles. The lowest BCUT2D eigenvalue weighted by Crippen LogP contribution is -2.53. The normalized spacial score (nSPS) is 23.2. The zero-order valence-corrected chi connectivity index (χ0v) is 19.7. The standard InChI is InChI=1S/C26H38N4O/c1-5-20(2)27-21(3)28-15-10-23(11-16-28)29-17-12-26(13-18-29)14-19-30(22(4)31)25-9-7-6-8-24(25)26/h5-9,23H,10-19H2,1-4H3/b20-5-,27-21+. The van der Waals surface area contributed by atoms with Crippen molar-refractivity contribution in [3.8, 4) is 0 Å². The van der Waals surface area contributed by atoms with Gasteiger partial charge >= 0.3 is 0 Å². The Balaban J connectivity index is 1.38. The van der Waals surface area contributed by atoms with E-state index in [2.05, 4.69) is 54.0 Å². The number of carbonyl (C=O) groups is 1. The summed E-state index contributed by atoms with van der Waals surface area (Å²) in [4.78, 5) is 24.0. The fraction of sp³-hybridized carbons (Fsp3) is 0.615. The molecule has 2 saturated heterocycles. The number of para-hydroxylation sites is 1. The van der Waals surface area contributed by atoms with Gasteiger partial charge in [0.1, 0.15) is 5.84 Å². The van der Waals surface area contributed by atoms with Crippen molar-refractivity contribution in [2.24, 2.45) is 4.99 Å². The van der Waals surface area contributed by atoms with Gasteiger partial charge in [-0.15, -0.1) is 0 Å². The molecular weight excluding hydrogens is 384 g/mol. The quantitative estimate of drug-likeness (QED) is 0.517. The van der Waals surface area contributed by atoms with Crippen LogP contribution in [0.15, 0.2) is 41.0 Å². The molecule has 31 heavy (non-hydrogen) atoms. The fourth-order valence-corrected chi connectivity index (χ4v) is 5.85. The van der Waals surface area contributed by atoms with Crippen LogP contribution in [0, 0.1) is 0 Å². The lowest BCUT2D eigenvalue weighted by Gasteiger charge is -2.50. The Bertz CT molecular complexity index is 858. The molecule has 0 aromatic heterocycles. The topological polar surface area (TPSA) is 39.1 Å². The number of amidine groups is 1. The summed E-state index contributed by atoms with van der Waals surface area (Å²) in [6.07, 6.45) is 8.02. The van der Waals surface area contributed by atoms with Crippen LogP contribution < -0.4 is 4.90 Å². The second-order valence-electron chi connectivity index (χ2n) is 9.56. The lowest BCUT2D eigenvalue weighted by molar-refractivity contribution is -0.116. The Morgan fingerprint density at radius 2 is 1.65 bits per heavy atom. The van der Waals surface area contributed by atoms with Gasteiger partial charge in [0.15, 0.2) is 0 Å². The molecule has 0 radical (unpaired) electrons. The van der Waals surface area contributed by atoms with Crippen LogP contribution in [0.5, 0.6) is 0 Å². The van der Waals surface area contributed by atoms with E-state index < -0.39 is 0 Å². The molecule has 1 amide bonds. The highest BCUT2D eigenvalue weighted by Crippen LogP contribution is 2.47. The summed E-state index contributed by atoms with van der Waals surface area (Å²) in [6.45, 7) is 13.4. The Morgan fingerprint density at radius 1 is 1.00 bits per heavy atom. The van der Waals surface area contributed by atoms with Gasteiger partial charge in [-0.05, 0) is 77.6 Å². The van der Waals surface area contributed by atoms with Crippen molar-refractivity contribution >= 4 is 17.4 Å². The number of nitrogens with zero attached hydrogens (tertiary/aromatic N) is 4. The number of piperidine rings is 2. The molecule has 168 valence electrons. The first-order valence-electron chi connectivity index (χ1n) is 12.0. The van der Waals surface area contributed by atoms with E-state index in [0.717, 1.165) is 43.3 Å². The number of fused-ring (bicyclic) bond motifs is 2. The summed E-state index contributed by atoms with van der Waals surface area (Å²) >= 11 is 0. The summed E-state index contributed by atoms with van der Waals surface area (Å²) in [6, 6.07) is 9.31. The summed E-state index contributed by atoms with van der Waals surface area (Å²) in [5.74, 6) is 1.32. The van der Waals surface area contributed by atoms with Crippen LogP contribution in [0.25, 0.3) is 0 Å². The maximum atomic E-state index is 12.1. The molecule has 3 aliphatic rings. The van der Waals surface area contributed by atoms with E-state index in [4.69, 9.17) is 4.99 Å². The van der Waals surface area contributed by atoms with Gasteiger partial charge in [-0.3, -0.25) is 4.79 Å². The van der Waals surface area contributed by atoms with E-state index in [9.17, 15) is 4.79 Å². The number of benzene rings is 1. The van der Waals surface area contributed by atoms with Crippen LogP contribution >= 0.6 is 0 Å². The highest BCUT2D eigenvalue weighted by atomic mass is 16.2. The third kappa shape index (κ3) is 4.43. The van der Waals surface area contributed by atoms with Gasteiger partial charge < -0.3 is 14.7 Å². The molecule has 0 saturated carbocycles. The number of anilines is 1. The second-order valence-corrected chi connectivity index (χ2v) is 9.56. The molecule has 2 fully saturated rings. The Kier molecular flexibility index (Phi) is 6.52. The van der Waals surface area contributed by atoms with Crippen molar-refractivity contribution in [3.63, 3.8) is 0 Å². The maximum absolute atomic E-state index is 12.1. The van der Waals surface area contributed by atoms with E-state index in [-0.39, 0.29) is 11.3 Å². The molecular formula is C26H38N4O. The number of hydrogen-bond donors (Lipinski definition) is 0. The minimum Gasteiger partial charge on any atom is -0.360 e. The van der Waals surface area contributed by atoms with E-state index in [0.29, 0.717) is 6.04 Å². The third-order valence-corrected chi connectivity index (χ3v) is 7.91. The number of aliphatic imine (C=N–C) groups is 1. The molecule has 1 spiro atoms. The highest BCUT2D eigenvalue weighted by Gasteiger charge is 2.43. The van der Waals surface area contributed by atoms with Gasteiger partial charge in [0.25, 0.3) is 0 Å². The van der Waals surface area contributed by atoms with E-state index in [1.54, 1.807) is 6.92 Å². The number of allylic oxidation sites excluding steroid dienone is 2. The minimum absolute atomic E-state index is 0.162. The van der Waals surface area contributed by atoms with Gasteiger partial charge in [-0.25, -0.2) is 4.99 Å². The first-order chi connectivity index (χ1) is 14.9. The van der Waals surface area contributed by atoms with Crippen molar-refractivity contribution in [2.75, 3.05) is 37.6 Å². The van der Waals surface area contributed by atoms with E-state index >= 15 is 0 Å². The molecule has 0 unspecified atom stereocenters. The largest absolute Gasteiger partial charge is 0.360 e. The van der Waals surface area contributed by atoms with Crippen LogP contribution in [0.2, 0.25) is 0 Å². The van der Waals surface area contributed by atoms with Crippen LogP contribution in [-0.2, 0) is 10.2 Å². The van der Waals surface area contributed by atoms with Gasteiger partial charge in [-0.1, -0.05) is 24.3 Å². The molecule has 3 aliphatic heterocycles. The van der Waals surface area contributed by atoms with Crippen molar-refractivity contribution in [1.29, 1.82) is 0 Å². The lowest BCUT2D eigenvalue weighted by atomic mass is 9.67. The molecule has 1 aromatic rings. The Hall–Kier alpha value is -2.14. The summed E-state index contributed by atoms with van der Waals surface area (Å²) < 4.78 is 0. The van der Waals surface area contributed by atoms with Crippen molar-refractivity contribution < 1.29 is 4.79 Å². The number of hydrogen-bond acceptors (Lipinski definition) is 3. The number of likely N-dealkylation sites (tertiary alicyclic amines) is 2.